The van der Waals surface area contributed by atoms with E-state index in [0.29, 0.717) is 5.56 Å². The average molecular weight is 322 g/mol. The lowest BCUT2D eigenvalue weighted by atomic mass is 10.1. The fourth-order valence-corrected chi connectivity index (χ4v) is 2.83. The zero-order valence-electron chi connectivity index (χ0n) is 13.9. The third-order valence-corrected chi connectivity index (χ3v) is 4.15. The minimum Gasteiger partial charge on any atom is -0.370 e. The predicted molar refractivity (Wildman–Crippen MR) is 94.8 cm³/mol. The van der Waals surface area contributed by atoms with E-state index >= 15 is 0 Å². The summed E-state index contributed by atoms with van der Waals surface area (Å²) < 4.78 is 0. The Bertz CT molecular complexity index is 698. The van der Waals surface area contributed by atoms with E-state index in [1.807, 2.05) is 36.5 Å². The van der Waals surface area contributed by atoms with Crippen LogP contribution in [-0.4, -0.2) is 47.6 Å². The van der Waals surface area contributed by atoms with Crippen molar-refractivity contribution in [3.8, 4) is 6.07 Å². The maximum atomic E-state index is 8.86. The summed E-state index contributed by atoms with van der Waals surface area (Å²) in [4.78, 5) is 13.6. The van der Waals surface area contributed by atoms with Crippen LogP contribution in [0.15, 0.2) is 36.5 Å². The molecule has 0 aliphatic carbocycles. The van der Waals surface area contributed by atoms with E-state index in [9.17, 15) is 0 Å². The Morgan fingerprint density at radius 2 is 1.88 bits per heavy atom. The number of hydrogen-bond acceptors (Lipinski definition) is 6. The largest absolute Gasteiger partial charge is 0.370 e. The molecule has 1 aliphatic heterocycles. The molecule has 124 valence electrons. The van der Waals surface area contributed by atoms with Crippen molar-refractivity contribution in [2.24, 2.45) is 0 Å². The van der Waals surface area contributed by atoms with E-state index in [4.69, 9.17) is 5.26 Å². The van der Waals surface area contributed by atoms with Gasteiger partial charge >= 0.3 is 0 Å². The van der Waals surface area contributed by atoms with Crippen molar-refractivity contribution >= 4 is 11.8 Å². The van der Waals surface area contributed by atoms with Crippen molar-refractivity contribution in [3.63, 3.8) is 0 Å². The Hall–Kier alpha value is -2.65. The molecule has 0 unspecified atom stereocenters. The van der Waals surface area contributed by atoms with Gasteiger partial charge in [-0.25, -0.2) is 4.98 Å². The highest BCUT2D eigenvalue weighted by atomic mass is 15.3. The van der Waals surface area contributed by atoms with Gasteiger partial charge in [-0.1, -0.05) is 12.1 Å². The van der Waals surface area contributed by atoms with Gasteiger partial charge in [0.2, 0.25) is 5.95 Å². The van der Waals surface area contributed by atoms with Crippen LogP contribution in [0.2, 0.25) is 0 Å². The molecule has 1 aliphatic rings. The van der Waals surface area contributed by atoms with Crippen LogP contribution in [0, 0.1) is 11.3 Å². The molecule has 1 aromatic carbocycles. The van der Waals surface area contributed by atoms with Gasteiger partial charge in [0.15, 0.2) is 0 Å². The number of nitriles is 1. The standard InChI is InChI=1S/C18H22N6/c1-2-20-17-7-8-21-18(22-17)24-11-9-23(10-12-24)14-16-5-3-15(13-19)4-6-16/h3-8H,2,9-12,14H2,1H3,(H,20,21,22). The van der Waals surface area contributed by atoms with E-state index in [0.717, 1.165) is 51.0 Å². The van der Waals surface area contributed by atoms with Crippen LogP contribution >= 0.6 is 0 Å². The molecule has 1 fully saturated rings. The molecular weight excluding hydrogens is 300 g/mol. The van der Waals surface area contributed by atoms with E-state index in [-0.39, 0.29) is 0 Å². The molecule has 6 heteroatoms. The molecule has 1 aromatic heterocycles. The van der Waals surface area contributed by atoms with Crippen molar-refractivity contribution < 1.29 is 0 Å². The second-order valence-electron chi connectivity index (χ2n) is 5.84. The second kappa shape index (κ2) is 7.75. The summed E-state index contributed by atoms with van der Waals surface area (Å²) in [6, 6.07) is 11.9. The summed E-state index contributed by atoms with van der Waals surface area (Å²) in [6.07, 6.45) is 1.81. The topological polar surface area (TPSA) is 68.1 Å². The number of hydrogen-bond donors (Lipinski definition) is 1. The van der Waals surface area contributed by atoms with Crippen LogP contribution in [0.4, 0.5) is 11.8 Å². The number of anilines is 2. The molecular formula is C18H22N6. The lowest BCUT2D eigenvalue weighted by Gasteiger charge is -2.34. The van der Waals surface area contributed by atoms with Crippen LogP contribution in [-0.2, 0) is 6.54 Å². The van der Waals surface area contributed by atoms with E-state index in [2.05, 4.69) is 38.1 Å². The molecule has 2 aromatic rings. The van der Waals surface area contributed by atoms with Gasteiger partial charge in [0, 0.05) is 45.5 Å². The van der Waals surface area contributed by atoms with Crippen LogP contribution in [0.1, 0.15) is 18.1 Å². The van der Waals surface area contributed by atoms with Gasteiger partial charge in [0.1, 0.15) is 5.82 Å². The lowest BCUT2D eigenvalue weighted by Crippen LogP contribution is -2.46. The van der Waals surface area contributed by atoms with Gasteiger partial charge in [-0.05, 0) is 30.7 Å². The first kappa shape index (κ1) is 16.2. The second-order valence-corrected chi connectivity index (χ2v) is 5.84. The zero-order valence-corrected chi connectivity index (χ0v) is 13.9. The fourth-order valence-electron chi connectivity index (χ4n) is 2.83. The smallest absolute Gasteiger partial charge is 0.227 e. The molecule has 6 nitrogen and oxygen atoms in total. The molecule has 0 spiro atoms. The first-order valence-electron chi connectivity index (χ1n) is 8.31. The first-order valence-corrected chi connectivity index (χ1v) is 8.31. The number of rotatable bonds is 5. The summed E-state index contributed by atoms with van der Waals surface area (Å²) in [6.45, 7) is 7.64. The Balaban J connectivity index is 1.55. The highest BCUT2D eigenvalue weighted by Gasteiger charge is 2.19. The molecule has 0 bridgehead atoms. The van der Waals surface area contributed by atoms with Crippen molar-refractivity contribution in [3.05, 3.63) is 47.7 Å². The number of aromatic nitrogens is 2. The summed E-state index contributed by atoms with van der Waals surface area (Å²) in [5.74, 6) is 1.67. The summed E-state index contributed by atoms with van der Waals surface area (Å²) in [7, 11) is 0. The number of piperazine rings is 1. The predicted octanol–water partition coefficient (Wildman–Crippen LogP) is 2.10. The monoisotopic (exact) mass is 322 g/mol. The Morgan fingerprint density at radius 1 is 1.12 bits per heavy atom. The van der Waals surface area contributed by atoms with Gasteiger partial charge in [-0.2, -0.15) is 10.2 Å². The lowest BCUT2D eigenvalue weighted by molar-refractivity contribution is 0.248. The van der Waals surface area contributed by atoms with Gasteiger partial charge in [-0.15, -0.1) is 0 Å². The quantitative estimate of drug-likeness (QED) is 0.909. The minimum atomic E-state index is 0.710. The molecule has 1 N–H and O–H groups in total. The molecule has 24 heavy (non-hydrogen) atoms. The van der Waals surface area contributed by atoms with Crippen LogP contribution in [0.5, 0.6) is 0 Å². The van der Waals surface area contributed by atoms with Crippen LogP contribution in [0.3, 0.4) is 0 Å². The molecule has 0 saturated carbocycles. The highest BCUT2D eigenvalue weighted by molar-refractivity contribution is 5.41. The first-order chi connectivity index (χ1) is 11.8. The third-order valence-electron chi connectivity index (χ3n) is 4.15. The number of benzene rings is 1. The van der Waals surface area contributed by atoms with Gasteiger partial charge in [0.05, 0.1) is 11.6 Å². The fraction of sp³-hybridized carbons (Fsp3) is 0.389. The SMILES string of the molecule is CCNc1ccnc(N2CCN(Cc3ccc(C#N)cc3)CC2)n1. The summed E-state index contributed by atoms with van der Waals surface area (Å²) in [5, 5.41) is 12.1. The normalized spacial score (nSPS) is 15.1. The maximum Gasteiger partial charge on any atom is 0.227 e. The maximum absolute atomic E-state index is 8.86. The summed E-state index contributed by atoms with van der Waals surface area (Å²) >= 11 is 0. The van der Waals surface area contributed by atoms with Gasteiger partial charge in [-0.3, -0.25) is 4.90 Å². The minimum absolute atomic E-state index is 0.710. The van der Waals surface area contributed by atoms with Gasteiger partial charge in [0.25, 0.3) is 0 Å². The van der Waals surface area contributed by atoms with E-state index in [1.165, 1.54) is 5.56 Å². The Morgan fingerprint density at radius 3 is 2.54 bits per heavy atom. The van der Waals surface area contributed by atoms with E-state index < -0.39 is 0 Å². The van der Waals surface area contributed by atoms with Crippen molar-refractivity contribution in [1.82, 2.24) is 14.9 Å². The molecule has 0 atom stereocenters. The van der Waals surface area contributed by atoms with Crippen molar-refractivity contribution in [2.45, 2.75) is 13.5 Å². The molecule has 2 heterocycles. The average Bonchev–Trinajstić information content (AvgIpc) is 2.63. The Labute approximate surface area is 142 Å². The Kier molecular flexibility index (Phi) is 5.24. The highest BCUT2D eigenvalue weighted by Crippen LogP contribution is 2.15. The summed E-state index contributed by atoms with van der Waals surface area (Å²) in [5.41, 5.74) is 1.95. The van der Waals surface area contributed by atoms with Crippen molar-refractivity contribution in [1.29, 1.82) is 5.26 Å². The van der Waals surface area contributed by atoms with Crippen LogP contribution < -0.4 is 10.2 Å². The molecule has 1 saturated heterocycles. The zero-order chi connectivity index (χ0) is 16.8. The molecule has 0 amide bonds. The van der Waals surface area contributed by atoms with Crippen LogP contribution in [0.25, 0.3) is 0 Å². The molecule has 3 rings (SSSR count). The number of nitrogens with zero attached hydrogens (tertiary/aromatic N) is 5. The third kappa shape index (κ3) is 4.00. The van der Waals surface area contributed by atoms with Gasteiger partial charge < -0.3 is 10.2 Å². The molecule has 0 radical (unpaired) electrons. The van der Waals surface area contributed by atoms with Crippen molar-refractivity contribution in [2.75, 3.05) is 42.9 Å². The van der Waals surface area contributed by atoms with E-state index in [1.54, 1.807) is 0 Å². The number of nitrogens with one attached hydrogen (secondary N) is 1.